The van der Waals surface area contributed by atoms with E-state index in [0.29, 0.717) is 17.7 Å². The van der Waals surface area contributed by atoms with Gasteiger partial charge < -0.3 is 5.32 Å². The van der Waals surface area contributed by atoms with Crippen LogP contribution in [0.3, 0.4) is 0 Å². The number of fused-ring (bicyclic) bond motifs is 1. The number of hydrogen-bond donors (Lipinski definition) is 1. The highest BCUT2D eigenvalue weighted by atomic mass is 16.6. The lowest BCUT2D eigenvalue weighted by molar-refractivity contribution is -0.385. The molecule has 0 unspecified atom stereocenters. The summed E-state index contributed by atoms with van der Waals surface area (Å²) in [5.74, 6) is -0.132. The number of nitrogens with one attached hydrogen (secondary N) is 1. The lowest BCUT2D eigenvalue weighted by Gasteiger charge is -2.16. The molecule has 24 heavy (non-hydrogen) atoms. The first-order valence-electron chi connectivity index (χ1n) is 7.66. The zero-order valence-corrected chi connectivity index (χ0v) is 12.9. The smallest absolute Gasteiger partial charge is 0.306 e. The van der Waals surface area contributed by atoms with E-state index >= 15 is 0 Å². The molecule has 0 aliphatic heterocycles. The Morgan fingerprint density at radius 1 is 1.38 bits per heavy atom. The third-order valence-electron chi connectivity index (χ3n) is 3.94. The number of amides is 1. The summed E-state index contributed by atoms with van der Waals surface area (Å²) in [5, 5.41) is 17.2. The number of nitro groups is 1. The van der Waals surface area contributed by atoms with Crippen LogP contribution < -0.4 is 5.32 Å². The van der Waals surface area contributed by atoms with Gasteiger partial charge in [-0.2, -0.15) is 5.10 Å². The van der Waals surface area contributed by atoms with Crippen LogP contribution in [0.25, 0.3) is 0 Å². The van der Waals surface area contributed by atoms with Crippen LogP contribution in [0, 0.1) is 10.1 Å². The normalized spacial score (nSPS) is 13.4. The summed E-state index contributed by atoms with van der Waals surface area (Å²) in [6.45, 7) is 0.240. The predicted octanol–water partition coefficient (Wildman–Crippen LogP) is 2.34. The van der Waals surface area contributed by atoms with Gasteiger partial charge in [-0.3, -0.25) is 24.4 Å². The molecular formula is C16H16N4O4. The van der Waals surface area contributed by atoms with Gasteiger partial charge in [0, 0.05) is 30.6 Å². The molecule has 1 heterocycles. The Kier molecular flexibility index (Phi) is 4.37. The molecule has 2 aromatic rings. The van der Waals surface area contributed by atoms with Crippen LogP contribution >= 0.6 is 0 Å². The molecule has 1 aliphatic rings. The predicted molar refractivity (Wildman–Crippen MR) is 85.8 cm³/mol. The van der Waals surface area contributed by atoms with Crippen LogP contribution in [0.4, 0.5) is 11.4 Å². The van der Waals surface area contributed by atoms with E-state index < -0.39 is 4.92 Å². The summed E-state index contributed by atoms with van der Waals surface area (Å²) < 4.78 is 1.36. The average molecular weight is 328 g/mol. The van der Waals surface area contributed by atoms with E-state index in [1.165, 1.54) is 10.9 Å². The van der Waals surface area contributed by atoms with Gasteiger partial charge >= 0.3 is 5.69 Å². The Bertz CT molecular complexity index is 812. The first-order valence-corrected chi connectivity index (χ1v) is 7.66. The second-order valence-electron chi connectivity index (χ2n) is 5.67. The van der Waals surface area contributed by atoms with Crippen molar-refractivity contribution in [3.63, 3.8) is 0 Å². The fourth-order valence-electron chi connectivity index (χ4n) is 2.71. The Morgan fingerprint density at radius 3 is 2.96 bits per heavy atom. The fraction of sp³-hybridized carbons (Fsp3) is 0.312. The van der Waals surface area contributed by atoms with Crippen molar-refractivity contribution in [3.05, 3.63) is 51.8 Å². The number of anilines is 1. The van der Waals surface area contributed by atoms with Gasteiger partial charge in [-0.1, -0.05) is 6.07 Å². The van der Waals surface area contributed by atoms with Gasteiger partial charge in [0.05, 0.1) is 4.92 Å². The van der Waals surface area contributed by atoms with Gasteiger partial charge in [-0.25, -0.2) is 0 Å². The van der Waals surface area contributed by atoms with Crippen LogP contribution in [0.5, 0.6) is 0 Å². The number of hydrogen-bond acceptors (Lipinski definition) is 5. The molecule has 8 nitrogen and oxygen atoms in total. The Morgan fingerprint density at radius 2 is 2.21 bits per heavy atom. The third-order valence-corrected chi connectivity index (χ3v) is 3.94. The summed E-state index contributed by atoms with van der Waals surface area (Å²) >= 11 is 0. The molecule has 0 saturated carbocycles. The van der Waals surface area contributed by atoms with Crippen molar-refractivity contribution in [2.45, 2.75) is 32.2 Å². The van der Waals surface area contributed by atoms with E-state index in [1.54, 1.807) is 12.1 Å². The first kappa shape index (κ1) is 15.9. The maximum absolute atomic E-state index is 12.0. The van der Waals surface area contributed by atoms with Crippen molar-refractivity contribution >= 4 is 23.1 Å². The largest absolute Gasteiger partial charge is 0.326 e. The molecule has 1 aliphatic carbocycles. The molecule has 1 aromatic carbocycles. The molecule has 0 fully saturated rings. The number of carbonyl (C=O) groups excluding carboxylic acids is 2. The number of carbonyl (C=O) groups is 2. The van der Waals surface area contributed by atoms with Crippen LogP contribution in [-0.4, -0.2) is 26.4 Å². The van der Waals surface area contributed by atoms with E-state index in [2.05, 4.69) is 10.4 Å². The highest BCUT2D eigenvalue weighted by molar-refractivity contribution is 6.00. The number of benzene rings is 1. The number of rotatable bonds is 5. The fourth-order valence-corrected chi connectivity index (χ4v) is 2.71. The van der Waals surface area contributed by atoms with Crippen LogP contribution in [0.15, 0.2) is 30.6 Å². The standard InChI is InChI=1S/C16H16N4O4/c21-15-3-1-2-11-4-5-12(8-14(11)15)18-16(22)6-7-19-10-13(9-17-19)20(23)24/h4-5,8-10H,1-3,6-7H2,(H,18,22). The summed E-state index contributed by atoms with van der Waals surface area (Å²) in [6, 6.07) is 5.38. The molecule has 8 heteroatoms. The average Bonchev–Trinajstić information content (AvgIpc) is 3.03. The molecule has 0 saturated heterocycles. The maximum Gasteiger partial charge on any atom is 0.306 e. The van der Waals surface area contributed by atoms with E-state index in [-0.39, 0.29) is 30.3 Å². The first-order chi connectivity index (χ1) is 11.5. The number of aryl methyl sites for hydroxylation is 2. The SMILES string of the molecule is O=C(CCn1cc([N+](=O)[O-])cn1)Nc1ccc2c(c1)C(=O)CCC2. The topological polar surface area (TPSA) is 107 Å². The molecule has 1 aromatic heterocycles. The van der Waals surface area contributed by atoms with Gasteiger partial charge in [-0.05, 0) is 30.5 Å². The lowest BCUT2D eigenvalue weighted by Crippen LogP contribution is -2.16. The molecule has 0 radical (unpaired) electrons. The van der Waals surface area contributed by atoms with Crippen molar-refractivity contribution in [2.24, 2.45) is 0 Å². The van der Waals surface area contributed by atoms with Gasteiger partial charge in [0.15, 0.2) is 5.78 Å². The summed E-state index contributed by atoms with van der Waals surface area (Å²) in [4.78, 5) is 34.0. The van der Waals surface area contributed by atoms with E-state index in [9.17, 15) is 19.7 Å². The monoisotopic (exact) mass is 328 g/mol. The third kappa shape index (κ3) is 3.48. The lowest BCUT2D eigenvalue weighted by atomic mass is 9.90. The van der Waals surface area contributed by atoms with E-state index in [1.807, 2.05) is 6.07 Å². The molecule has 0 atom stereocenters. The quantitative estimate of drug-likeness (QED) is 0.669. The summed E-state index contributed by atoms with van der Waals surface area (Å²) in [7, 11) is 0. The molecule has 1 amide bonds. The van der Waals surface area contributed by atoms with Crippen molar-refractivity contribution in [1.82, 2.24) is 9.78 Å². The van der Waals surface area contributed by atoms with Gasteiger partial charge in [0.1, 0.15) is 12.4 Å². The van der Waals surface area contributed by atoms with Crippen molar-refractivity contribution < 1.29 is 14.5 Å². The molecule has 0 bridgehead atoms. The Hall–Kier alpha value is -3.03. The highest BCUT2D eigenvalue weighted by Crippen LogP contribution is 2.24. The number of aromatic nitrogens is 2. The maximum atomic E-state index is 12.0. The van der Waals surface area contributed by atoms with Crippen LogP contribution in [-0.2, 0) is 17.8 Å². The molecule has 1 N–H and O–H groups in total. The zero-order chi connectivity index (χ0) is 17.1. The molecule has 3 rings (SSSR count). The second-order valence-corrected chi connectivity index (χ2v) is 5.67. The minimum Gasteiger partial charge on any atom is -0.326 e. The zero-order valence-electron chi connectivity index (χ0n) is 12.9. The minimum absolute atomic E-state index is 0.108. The Balaban J connectivity index is 1.59. The van der Waals surface area contributed by atoms with E-state index in [4.69, 9.17) is 0 Å². The van der Waals surface area contributed by atoms with Gasteiger partial charge in [0.2, 0.25) is 5.91 Å². The second kappa shape index (κ2) is 6.61. The van der Waals surface area contributed by atoms with Crippen LogP contribution in [0.2, 0.25) is 0 Å². The number of Topliss-reactive ketones (excluding diaryl/α,β-unsaturated/α-hetero) is 1. The van der Waals surface area contributed by atoms with Crippen molar-refractivity contribution in [1.29, 1.82) is 0 Å². The summed E-state index contributed by atoms with van der Waals surface area (Å²) in [5.41, 5.74) is 2.18. The molecule has 0 spiro atoms. The van der Waals surface area contributed by atoms with Crippen molar-refractivity contribution in [2.75, 3.05) is 5.32 Å². The Labute approximate surface area is 137 Å². The van der Waals surface area contributed by atoms with Gasteiger partial charge in [-0.15, -0.1) is 0 Å². The highest BCUT2D eigenvalue weighted by Gasteiger charge is 2.17. The molecule has 124 valence electrons. The summed E-state index contributed by atoms with van der Waals surface area (Å²) in [6.07, 6.45) is 4.85. The van der Waals surface area contributed by atoms with E-state index in [0.717, 1.165) is 24.6 Å². The van der Waals surface area contributed by atoms with Crippen LogP contribution in [0.1, 0.15) is 35.2 Å². The van der Waals surface area contributed by atoms with Crippen molar-refractivity contribution in [3.8, 4) is 0 Å². The minimum atomic E-state index is -0.534. The number of nitrogens with zero attached hydrogens (tertiary/aromatic N) is 3. The number of ketones is 1. The molecular weight excluding hydrogens is 312 g/mol. The van der Waals surface area contributed by atoms with Gasteiger partial charge in [0.25, 0.3) is 0 Å².